The maximum Gasteiger partial charge on any atom is 0.230 e. The predicted octanol–water partition coefficient (Wildman–Crippen LogP) is 3.37. The first-order chi connectivity index (χ1) is 11.0. The second-order valence-corrected chi connectivity index (χ2v) is 5.68. The van der Waals surface area contributed by atoms with Gasteiger partial charge in [-0.2, -0.15) is 0 Å². The van der Waals surface area contributed by atoms with Crippen molar-refractivity contribution in [3.8, 4) is 5.75 Å². The molecule has 0 aliphatic rings. The monoisotopic (exact) mass is 328 g/mol. The zero-order chi connectivity index (χ0) is 16.8. The zero-order valence-corrected chi connectivity index (χ0v) is 14.3. The van der Waals surface area contributed by atoms with Gasteiger partial charge in [0.2, 0.25) is 5.91 Å². The van der Waals surface area contributed by atoms with Gasteiger partial charge in [0.05, 0.1) is 13.5 Å². The lowest BCUT2D eigenvalue weighted by Crippen LogP contribution is -2.35. The van der Waals surface area contributed by atoms with Crippen LogP contribution >= 0.6 is 12.2 Å². The number of methoxy groups -OCH3 is 1. The molecule has 0 heterocycles. The molecule has 0 aromatic heterocycles. The SMILES string of the molecule is COc1ccc(CC(=O)NC(=S)Nc2cccc(C)c2C)cc1. The smallest absolute Gasteiger partial charge is 0.230 e. The standard InChI is InChI=1S/C18H20N2O2S/c1-12-5-4-6-16(13(12)2)19-18(23)20-17(21)11-14-7-9-15(22-3)10-8-14/h4-10H,11H2,1-3H3,(H2,19,20,21,23). The summed E-state index contributed by atoms with van der Waals surface area (Å²) in [7, 11) is 1.61. The number of aryl methyl sites for hydroxylation is 1. The van der Waals surface area contributed by atoms with Crippen LogP contribution in [-0.2, 0) is 11.2 Å². The minimum Gasteiger partial charge on any atom is -0.497 e. The fourth-order valence-electron chi connectivity index (χ4n) is 2.14. The van der Waals surface area contributed by atoms with Gasteiger partial charge in [0, 0.05) is 5.69 Å². The molecule has 5 heteroatoms. The Balaban J connectivity index is 1.91. The van der Waals surface area contributed by atoms with Gasteiger partial charge in [0.1, 0.15) is 5.75 Å². The predicted molar refractivity (Wildman–Crippen MR) is 97.0 cm³/mol. The molecule has 2 aromatic carbocycles. The lowest BCUT2D eigenvalue weighted by atomic mass is 10.1. The zero-order valence-electron chi connectivity index (χ0n) is 13.5. The van der Waals surface area contributed by atoms with E-state index >= 15 is 0 Å². The number of amides is 1. The van der Waals surface area contributed by atoms with Crippen LogP contribution in [0.25, 0.3) is 0 Å². The third-order valence-electron chi connectivity index (χ3n) is 3.63. The Morgan fingerprint density at radius 1 is 1.13 bits per heavy atom. The highest BCUT2D eigenvalue weighted by molar-refractivity contribution is 7.80. The Hall–Kier alpha value is -2.40. The first kappa shape index (κ1) is 17.0. The third-order valence-corrected chi connectivity index (χ3v) is 3.83. The minimum atomic E-state index is -0.155. The topological polar surface area (TPSA) is 50.4 Å². The number of rotatable bonds is 4. The van der Waals surface area contributed by atoms with Crippen molar-refractivity contribution in [1.29, 1.82) is 0 Å². The van der Waals surface area contributed by atoms with E-state index in [9.17, 15) is 4.79 Å². The highest BCUT2D eigenvalue weighted by atomic mass is 32.1. The van der Waals surface area contributed by atoms with Crippen LogP contribution in [0.4, 0.5) is 5.69 Å². The fourth-order valence-corrected chi connectivity index (χ4v) is 2.36. The molecular weight excluding hydrogens is 308 g/mol. The Labute approximate surface area is 141 Å². The van der Waals surface area contributed by atoms with Crippen LogP contribution < -0.4 is 15.4 Å². The maximum atomic E-state index is 12.0. The van der Waals surface area contributed by atoms with Gasteiger partial charge in [-0.1, -0.05) is 24.3 Å². The van der Waals surface area contributed by atoms with Crippen LogP contribution in [0.15, 0.2) is 42.5 Å². The van der Waals surface area contributed by atoms with Gasteiger partial charge in [-0.3, -0.25) is 4.79 Å². The minimum absolute atomic E-state index is 0.155. The highest BCUT2D eigenvalue weighted by Gasteiger charge is 2.08. The fraction of sp³-hybridized carbons (Fsp3) is 0.222. The Morgan fingerprint density at radius 2 is 1.83 bits per heavy atom. The molecule has 0 saturated heterocycles. The van der Waals surface area contributed by atoms with E-state index in [2.05, 4.69) is 10.6 Å². The molecule has 0 atom stereocenters. The van der Waals surface area contributed by atoms with Crippen molar-refractivity contribution in [3.05, 3.63) is 59.2 Å². The van der Waals surface area contributed by atoms with Gasteiger partial charge >= 0.3 is 0 Å². The summed E-state index contributed by atoms with van der Waals surface area (Å²) in [6.45, 7) is 4.05. The van der Waals surface area contributed by atoms with Crippen molar-refractivity contribution < 1.29 is 9.53 Å². The normalized spacial score (nSPS) is 10.0. The molecule has 0 spiro atoms. The number of hydrogen-bond donors (Lipinski definition) is 2. The maximum absolute atomic E-state index is 12.0. The molecule has 0 radical (unpaired) electrons. The van der Waals surface area contributed by atoms with Gasteiger partial charge in [0.15, 0.2) is 5.11 Å². The van der Waals surface area contributed by atoms with Crippen LogP contribution in [0.3, 0.4) is 0 Å². The summed E-state index contributed by atoms with van der Waals surface area (Å²) < 4.78 is 5.09. The van der Waals surface area contributed by atoms with Crippen LogP contribution in [0.5, 0.6) is 5.75 Å². The van der Waals surface area contributed by atoms with Gasteiger partial charge in [0.25, 0.3) is 0 Å². The largest absolute Gasteiger partial charge is 0.497 e. The van der Waals surface area contributed by atoms with Gasteiger partial charge < -0.3 is 15.4 Å². The van der Waals surface area contributed by atoms with Gasteiger partial charge in [-0.15, -0.1) is 0 Å². The van der Waals surface area contributed by atoms with Crippen molar-refractivity contribution in [3.63, 3.8) is 0 Å². The number of thiocarbonyl (C=S) groups is 1. The van der Waals surface area contributed by atoms with Crippen molar-refractivity contribution in [1.82, 2.24) is 5.32 Å². The Morgan fingerprint density at radius 3 is 2.48 bits per heavy atom. The lowest BCUT2D eigenvalue weighted by Gasteiger charge is -2.13. The van der Waals surface area contributed by atoms with Gasteiger partial charge in [-0.25, -0.2) is 0 Å². The summed E-state index contributed by atoms with van der Waals surface area (Å²) in [4.78, 5) is 12.0. The molecule has 120 valence electrons. The second-order valence-electron chi connectivity index (χ2n) is 5.27. The van der Waals surface area contributed by atoms with Crippen molar-refractivity contribution in [2.24, 2.45) is 0 Å². The molecule has 2 rings (SSSR count). The summed E-state index contributed by atoms with van der Waals surface area (Å²) in [5, 5.41) is 6.07. The van der Waals surface area contributed by atoms with E-state index in [4.69, 9.17) is 17.0 Å². The molecule has 4 nitrogen and oxygen atoms in total. The quantitative estimate of drug-likeness (QED) is 0.845. The molecule has 23 heavy (non-hydrogen) atoms. The van der Waals surface area contributed by atoms with E-state index in [0.717, 1.165) is 22.6 Å². The van der Waals surface area contributed by atoms with Crippen LogP contribution in [0.1, 0.15) is 16.7 Å². The molecule has 0 aliphatic heterocycles. The number of ether oxygens (including phenoxy) is 1. The summed E-state index contributed by atoms with van der Waals surface area (Å²) in [6.07, 6.45) is 0.263. The molecule has 0 saturated carbocycles. The summed E-state index contributed by atoms with van der Waals surface area (Å²) >= 11 is 5.21. The van der Waals surface area contributed by atoms with Crippen molar-refractivity contribution in [2.45, 2.75) is 20.3 Å². The molecule has 1 amide bonds. The van der Waals surface area contributed by atoms with E-state index in [1.807, 2.05) is 56.3 Å². The van der Waals surface area contributed by atoms with Crippen LogP contribution in [0.2, 0.25) is 0 Å². The first-order valence-electron chi connectivity index (χ1n) is 7.29. The third kappa shape index (κ3) is 4.79. The van der Waals surface area contributed by atoms with E-state index in [0.29, 0.717) is 5.11 Å². The molecule has 0 aliphatic carbocycles. The van der Waals surface area contributed by atoms with E-state index in [1.165, 1.54) is 5.56 Å². The van der Waals surface area contributed by atoms with Crippen molar-refractivity contribution in [2.75, 3.05) is 12.4 Å². The van der Waals surface area contributed by atoms with E-state index < -0.39 is 0 Å². The molecule has 0 unspecified atom stereocenters. The average Bonchev–Trinajstić information content (AvgIpc) is 2.52. The van der Waals surface area contributed by atoms with Gasteiger partial charge in [-0.05, 0) is 61.0 Å². The number of carbonyl (C=O) groups excluding carboxylic acids is 1. The molecule has 2 N–H and O–H groups in total. The average molecular weight is 328 g/mol. The molecule has 0 fully saturated rings. The first-order valence-corrected chi connectivity index (χ1v) is 7.70. The summed E-state index contributed by atoms with van der Waals surface area (Å²) in [5.74, 6) is 0.610. The van der Waals surface area contributed by atoms with Crippen LogP contribution in [-0.4, -0.2) is 18.1 Å². The number of hydrogen-bond acceptors (Lipinski definition) is 3. The molecule has 2 aromatic rings. The summed E-state index contributed by atoms with van der Waals surface area (Å²) in [6, 6.07) is 13.3. The van der Waals surface area contributed by atoms with Crippen molar-refractivity contribution >= 4 is 28.9 Å². The molecule has 0 bridgehead atoms. The number of carbonyl (C=O) groups is 1. The summed E-state index contributed by atoms with van der Waals surface area (Å²) in [5.41, 5.74) is 4.08. The Kier molecular flexibility index (Phi) is 5.71. The highest BCUT2D eigenvalue weighted by Crippen LogP contribution is 2.17. The molecular formula is C18H20N2O2S. The second kappa shape index (κ2) is 7.74. The van der Waals surface area contributed by atoms with Crippen LogP contribution in [0, 0.1) is 13.8 Å². The number of benzene rings is 2. The van der Waals surface area contributed by atoms with E-state index in [-0.39, 0.29) is 12.3 Å². The Bertz CT molecular complexity index is 711. The number of nitrogens with one attached hydrogen (secondary N) is 2. The lowest BCUT2D eigenvalue weighted by molar-refractivity contribution is -0.119. The number of anilines is 1. The van der Waals surface area contributed by atoms with E-state index in [1.54, 1.807) is 7.11 Å².